The first-order valence-electron chi connectivity index (χ1n) is 8.00. The Morgan fingerprint density at radius 3 is 1.65 bits per heavy atom. The van der Waals surface area contributed by atoms with Crippen LogP contribution in [0.1, 0.15) is 55.4 Å². The molecule has 0 aromatic heterocycles. The van der Waals surface area contributed by atoms with Gasteiger partial charge in [0.2, 0.25) is 0 Å². The van der Waals surface area contributed by atoms with E-state index in [1.807, 2.05) is 20.8 Å². The second-order valence-corrected chi connectivity index (χ2v) is 9.26. The van der Waals surface area contributed by atoms with Crippen molar-refractivity contribution < 1.29 is 32.9 Å². The van der Waals surface area contributed by atoms with E-state index in [9.17, 15) is 4.79 Å². The molecule has 0 spiro atoms. The molecular weight excluding hydrogens is 320 g/mol. The van der Waals surface area contributed by atoms with Crippen LogP contribution in [0.15, 0.2) is 0 Å². The van der Waals surface area contributed by atoms with Gasteiger partial charge in [0, 0.05) is 25.9 Å². The van der Waals surface area contributed by atoms with Gasteiger partial charge < -0.3 is 13.3 Å². The molecule has 0 saturated carbocycles. The Morgan fingerprint density at radius 2 is 1.30 bits per heavy atom. The summed E-state index contributed by atoms with van der Waals surface area (Å²) in [6, 6.07) is 0.285. The minimum Gasteiger partial charge on any atom is -0.374 e. The first-order valence-corrected chi connectivity index (χ1v) is 9.93. The average Bonchev–Trinajstić information content (AvgIpc) is 2.37. The van der Waals surface area contributed by atoms with Crippen LogP contribution in [0, 0.1) is 5.41 Å². The van der Waals surface area contributed by atoms with Gasteiger partial charge in [0.05, 0.1) is 11.0 Å². The molecule has 0 aromatic rings. The van der Waals surface area contributed by atoms with E-state index < -0.39 is 25.8 Å². The summed E-state index contributed by atoms with van der Waals surface area (Å²) in [7, 11) is -2.97. The molecule has 0 unspecified atom stereocenters. The molecule has 0 N–H and O–H groups in total. The third-order valence-corrected chi connectivity index (χ3v) is 6.20. The largest absolute Gasteiger partial charge is 0.502 e. The van der Waals surface area contributed by atoms with Crippen LogP contribution < -0.4 is 0 Å². The minimum absolute atomic E-state index is 0.285. The summed E-state index contributed by atoms with van der Waals surface area (Å²) in [6.45, 7) is 15.7. The number of hydrogen-bond donors (Lipinski definition) is 0. The molecule has 138 valence electrons. The molecule has 7 nitrogen and oxygen atoms in total. The molecule has 0 aliphatic carbocycles. The van der Waals surface area contributed by atoms with Crippen molar-refractivity contribution in [1.29, 1.82) is 0 Å². The third kappa shape index (κ3) is 8.78. The van der Waals surface area contributed by atoms with Crippen LogP contribution in [0.25, 0.3) is 0 Å². The smallest absolute Gasteiger partial charge is 0.374 e. The zero-order chi connectivity index (χ0) is 18.1. The van der Waals surface area contributed by atoms with Crippen molar-refractivity contribution in [1.82, 2.24) is 0 Å². The van der Waals surface area contributed by atoms with Crippen molar-refractivity contribution in [2.24, 2.45) is 5.41 Å². The molecule has 0 heterocycles. The molecule has 0 saturated heterocycles. The Morgan fingerprint density at radius 1 is 0.870 bits per heavy atom. The van der Waals surface area contributed by atoms with Gasteiger partial charge in [-0.25, -0.2) is 4.79 Å². The third-order valence-electron chi connectivity index (χ3n) is 2.70. The van der Waals surface area contributed by atoms with Gasteiger partial charge >= 0.3 is 14.8 Å². The summed E-state index contributed by atoms with van der Waals surface area (Å²) in [4.78, 5) is 22.0. The summed E-state index contributed by atoms with van der Waals surface area (Å²) < 4.78 is 17.3. The lowest BCUT2D eigenvalue weighted by Crippen LogP contribution is -2.50. The van der Waals surface area contributed by atoms with E-state index in [1.165, 1.54) is 0 Å². The Balaban J connectivity index is 4.89. The van der Waals surface area contributed by atoms with E-state index in [1.54, 1.807) is 34.6 Å². The Labute approximate surface area is 140 Å². The number of carbonyl (C=O) groups excluding carboxylic acids is 1. The minimum atomic E-state index is -2.97. The standard InChI is InChI=1S/C15H32O7Si/c1-9-17-23(18-10-2,19-11-3)12-15(7,8)13(16)20-22-21-14(4,5)6/h9-12H2,1-8H3. The molecule has 8 heteroatoms. The number of hydrogen-bond acceptors (Lipinski definition) is 7. The first-order chi connectivity index (χ1) is 10.5. The lowest BCUT2D eigenvalue weighted by atomic mass is 9.97. The van der Waals surface area contributed by atoms with Crippen LogP contribution >= 0.6 is 0 Å². The van der Waals surface area contributed by atoms with E-state index in [0.29, 0.717) is 19.8 Å². The molecule has 0 aliphatic rings. The van der Waals surface area contributed by atoms with Crippen molar-refractivity contribution in [3.8, 4) is 0 Å². The van der Waals surface area contributed by atoms with E-state index in [4.69, 9.17) is 23.1 Å². The fraction of sp³-hybridized carbons (Fsp3) is 0.933. The van der Waals surface area contributed by atoms with Gasteiger partial charge in [-0.2, -0.15) is 4.89 Å². The van der Waals surface area contributed by atoms with E-state index >= 15 is 0 Å². The number of rotatable bonds is 11. The fourth-order valence-electron chi connectivity index (χ4n) is 1.81. The fourth-order valence-corrected chi connectivity index (χ4v) is 4.92. The lowest BCUT2D eigenvalue weighted by Gasteiger charge is -2.33. The first kappa shape index (κ1) is 22.5. The highest BCUT2D eigenvalue weighted by Crippen LogP contribution is 2.32. The van der Waals surface area contributed by atoms with Crippen molar-refractivity contribution in [2.75, 3.05) is 19.8 Å². The highest BCUT2D eigenvalue weighted by atomic mass is 28.4. The molecule has 0 radical (unpaired) electrons. The predicted molar refractivity (Wildman–Crippen MR) is 87.2 cm³/mol. The van der Waals surface area contributed by atoms with Gasteiger partial charge in [0.15, 0.2) is 0 Å². The Bertz CT molecular complexity index is 335. The monoisotopic (exact) mass is 352 g/mol. The molecule has 0 bridgehead atoms. The predicted octanol–water partition coefficient (Wildman–Crippen LogP) is 3.27. The van der Waals surface area contributed by atoms with Gasteiger partial charge in [-0.1, -0.05) is 0 Å². The Kier molecular flexibility index (Phi) is 9.49. The summed E-state index contributed by atoms with van der Waals surface area (Å²) in [6.07, 6.45) is 0. The second-order valence-electron chi connectivity index (χ2n) is 6.68. The van der Waals surface area contributed by atoms with Gasteiger partial charge in [0.25, 0.3) is 0 Å². The topological polar surface area (TPSA) is 72.5 Å². The molecule has 0 aliphatic heterocycles. The van der Waals surface area contributed by atoms with Crippen LogP contribution in [0.2, 0.25) is 6.04 Å². The summed E-state index contributed by atoms with van der Waals surface area (Å²) in [5.41, 5.74) is -1.49. The van der Waals surface area contributed by atoms with Crippen LogP contribution in [0.5, 0.6) is 0 Å². The van der Waals surface area contributed by atoms with Gasteiger partial charge in [-0.05, 0) is 60.4 Å². The van der Waals surface area contributed by atoms with E-state index in [0.717, 1.165) is 0 Å². The lowest BCUT2D eigenvalue weighted by molar-refractivity contribution is -0.516. The van der Waals surface area contributed by atoms with Crippen molar-refractivity contribution >= 4 is 14.8 Å². The summed E-state index contributed by atoms with van der Waals surface area (Å²) >= 11 is 0. The second kappa shape index (κ2) is 9.70. The zero-order valence-corrected chi connectivity index (χ0v) is 16.7. The molecule has 0 atom stereocenters. The maximum Gasteiger partial charge on any atom is 0.502 e. The average molecular weight is 353 g/mol. The van der Waals surface area contributed by atoms with E-state index in [-0.39, 0.29) is 6.04 Å². The van der Waals surface area contributed by atoms with Crippen LogP contribution in [-0.4, -0.2) is 40.2 Å². The molecule has 0 aromatic carbocycles. The highest BCUT2D eigenvalue weighted by molar-refractivity contribution is 6.61. The van der Waals surface area contributed by atoms with E-state index in [2.05, 4.69) is 5.04 Å². The molecular formula is C15H32O7Si. The zero-order valence-electron chi connectivity index (χ0n) is 15.7. The van der Waals surface area contributed by atoms with Gasteiger partial charge in [-0.15, -0.1) is 0 Å². The summed E-state index contributed by atoms with van der Waals surface area (Å²) in [5, 5.41) is 4.58. The van der Waals surface area contributed by atoms with Gasteiger partial charge in [-0.3, -0.25) is 4.89 Å². The van der Waals surface area contributed by atoms with Crippen LogP contribution in [-0.2, 0) is 32.9 Å². The maximum atomic E-state index is 12.3. The van der Waals surface area contributed by atoms with Crippen molar-refractivity contribution in [3.63, 3.8) is 0 Å². The van der Waals surface area contributed by atoms with Gasteiger partial charge in [0.1, 0.15) is 0 Å². The van der Waals surface area contributed by atoms with Crippen LogP contribution in [0.4, 0.5) is 0 Å². The molecule has 23 heavy (non-hydrogen) atoms. The quantitative estimate of drug-likeness (QED) is 0.321. The maximum absolute atomic E-state index is 12.3. The summed E-state index contributed by atoms with van der Waals surface area (Å²) in [5.74, 6) is -0.572. The molecule has 0 amide bonds. The number of carbonyl (C=O) groups is 1. The van der Waals surface area contributed by atoms with Crippen molar-refractivity contribution in [3.05, 3.63) is 0 Å². The Hall–Kier alpha value is -0.513. The van der Waals surface area contributed by atoms with Crippen LogP contribution in [0.3, 0.4) is 0 Å². The highest BCUT2D eigenvalue weighted by Gasteiger charge is 2.49. The van der Waals surface area contributed by atoms with Crippen molar-refractivity contribution in [2.45, 2.75) is 67.0 Å². The normalized spacial score (nSPS) is 13.2. The molecule has 0 rings (SSSR count). The SMILES string of the molecule is CCO[Si](CC(C)(C)C(=O)OOOC(C)(C)C)(OCC)OCC. The molecule has 0 fully saturated rings.